The number of methoxy groups -OCH3 is 1. The molecule has 0 spiro atoms. The highest BCUT2D eigenvalue weighted by atomic mass is 19.1. The molecule has 2 aliphatic heterocycles. The van der Waals surface area contributed by atoms with E-state index in [0.717, 1.165) is 41.9 Å². The van der Waals surface area contributed by atoms with E-state index in [1.54, 1.807) is 24.7 Å². The average molecular weight is 472 g/mol. The Bertz CT molecular complexity index is 1290. The number of pyridine rings is 2. The summed E-state index contributed by atoms with van der Waals surface area (Å²) in [5.41, 5.74) is 4.66. The molecule has 178 valence electrons. The lowest BCUT2D eigenvalue weighted by atomic mass is 9.96. The largest absolute Gasteiger partial charge is 0.497 e. The van der Waals surface area contributed by atoms with E-state index in [1.807, 2.05) is 18.2 Å². The summed E-state index contributed by atoms with van der Waals surface area (Å²) in [5.74, 6) is 0.0778. The number of anilines is 1. The summed E-state index contributed by atoms with van der Waals surface area (Å²) in [6, 6.07) is 8.92. The quantitative estimate of drug-likeness (QED) is 0.604. The molecule has 4 heterocycles. The molecule has 7 nitrogen and oxygen atoms in total. The van der Waals surface area contributed by atoms with Crippen LogP contribution in [-0.4, -0.2) is 55.5 Å². The third-order valence-corrected chi connectivity index (χ3v) is 6.42. The highest BCUT2D eigenvalue weighted by Gasteiger charge is 2.33. The molecule has 8 heteroatoms. The molecule has 2 aromatic heterocycles. The van der Waals surface area contributed by atoms with Gasteiger partial charge in [-0.15, -0.1) is 0 Å². The van der Waals surface area contributed by atoms with Crippen LogP contribution in [0.25, 0.3) is 23.3 Å². The van der Waals surface area contributed by atoms with E-state index >= 15 is 0 Å². The fourth-order valence-electron chi connectivity index (χ4n) is 4.76. The zero-order valence-corrected chi connectivity index (χ0v) is 19.4. The van der Waals surface area contributed by atoms with Gasteiger partial charge in [0.2, 0.25) is 0 Å². The van der Waals surface area contributed by atoms with Gasteiger partial charge in [0.15, 0.2) is 0 Å². The maximum absolute atomic E-state index is 14.4. The predicted molar refractivity (Wildman–Crippen MR) is 132 cm³/mol. The Morgan fingerprint density at radius 1 is 1.17 bits per heavy atom. The van der Waals surface area contributed by atoms with Gasteiger partial charge in [0.25, 0.3) is 0 Å². The van der Waals surface area contributed by atoms with Crippen molar-refractivity contribution in [2.24, 2.45) is 0 Å². The second-order valence-electron chi connectivity index (χ2n) is 8.66. The summed E-state index contributed by atoms with van der Waals surface area (Å²) in [5, 5.41) is 12.8. The van der Waals surface area contributed by atoms with Gasteiger partial charge in [0.1, 0.15) is 17.6 Å². The van der Waals surface area contributed by atoms with Gasteiger partial charge in [0, 0.05) is 67.7 Å². The number of hydrogen-bond donors (Lipinski definition) is 1. The number of aromatic nitrogens is 2. The monoisotopic (exact) mass is 471 g/mol. The number of nitrogens with one attached hydrogen (secondary N) is 1. The number of benzene rings is 1. The summed E-state index contributed by atoms with van der Waals surface area (Å²) in [4.78, 5) is 10.9. The lowest BCUT2D eigenvalue weighted by Crippen LogP contribution is -2.58. The molecule has 2 fully saturated rings. The van der Waals surface area contributed by atoms with Crippen molar-refractivity contribution >= 4 is 17.8 Å². The Morgan fingerprint density at radius 2 is 2.06 bits per heavy atom. The third kappa shape index (κ3) is 5.02. The standard InChI is InChI=1S/C27H26FN5O2/c1-34-23-10-21(9-22(28)11-23)24-16-31-15-20(3-2-18-8-19(12-29)14-30-13-18)27(24)33-6-4-25-26(17-33)35-7-5-32-25/h2-3,8-11,13-16,25-26,32H,4-7,17H2,1H3/t25-,26-/m1/s1. The van der Waals surface area contributed by atoms with Gasteiger partial charge in [-0.3, -0.25) is 9.97 Å². The molecule has 0 amide bonds. The van der Waals surface area contributed by atoms with Crippen molar-refractivity contribution in [1.29, 1.82) is 5.26 Å². The van der Waals surface area contributed by atoms with E-state index in [2.05, 4.69) is 26.3 Å². The molecular weight excluding hydrogens is 445 g/mol. The number of piperidine rings is 1. The molecule has 1 aromatic carbocycles. The van der Waals surface area contributed by atoms with Crippen LogP contribution in [0.2, 0.25) is 0 Å². The molecule has 0 aliphatic carbocycles. The zero-order chi connectivity index (χ0) is 24.2. The minimum atomic E-state index is -0.371. The summed E-state index contributed by atoms with van der Waals surface area (Å²) < 4.78 is 25.8. The first kappa shape index (κ1) is 23.0. The van der Waals surface area contributed by atoms with Crippen molar-refractivity contribution in [3.05, 3.63) is 71.6 Å². The SMILES string of the molecule is COc1cc(F)cc(-c2cncc(C=Cc3cncc(C#N)c3)c2N2CC[C@H]3NCCO[C@@H]3C2)c1. The van der Waals surface area contributed by atoms with E-state index in [-0.39, 0.29) is 11.9 Å². The highest BCUT2D eigenvalue weighted by molar-refractivity contribution is 5.87. The van der Waals surface area contributed by atoms with Crippen LogP contribution in [-0.2, 0) is 4.74 Å². The van der Waals surface area contributed by atoms with Crippen molar-refractivity contribution in [2.45, 2.75) is 18.6 Å². The minimum Gasteiger partial charge on any atom is -0.497 e. The molecular formula is C27H26FN5O2. The van der Waals surface area contributed by atoms with Gasteiger partial charge in [0.05, 0.1) is 31.1 Å². The van der Waals surface area contributed by atoms with E-state index in [0.29, 0.717) is 36.1 Å². The first-order chi connectivity index (χ1) is 17.1. The zero-order valence-electron chi connectivity index (χ0n) is 19.4. The molecule has 2 aliphatic rings. The smallest absolute Gasteiger partial charge is 0.127 e. The molecule has 0 saturated carbocycles. The number of nitrogens with zero attached hydrogens (tertiary/aromatic N) is 4. The topological polar surface area (TPSA) is 83.3 Å². The number of fused-ring (bicyclic) bond motifs is 1. The number of morpholine rings is 1. The predicted octanol–water partition coefficient (Wildman–Crippen LogP) is 3.90. The Balaban J connectivity index is 1.59. The second-order valence-corrected chi connectivity index (χ2v) is 8.66. The van der Waals surface area contributed by atoms with Crippen molar-refractivity contribution < 1.29 is 13.9 Å². The molecule has 3 aromatic rings. The lowest BCUT2D eigenvalue weighted by molar-refractivity contribution is -0.00901. The van der Waals surface area contributed by atoms with Gasteiger partial charge >= 0.3 is 0 Å². The van der Waals surface area contributed by atoms with Gasteiger partial charge in [-0.25, -0.2) is 4.39 Å². The van der Waals surface area contributed by atoms with Crippen molar-refractivity contribution in [2.75, 3.05) is 38.3 Å². The van der Waals surface area contributed by atoms with Gasteiger partial charge in [-0.05, 0) is 35.7 Å². The summed E-state index contributed by atoms with van der Waals surface area (Å²) in [7, 11) is 1.53. The van der Waals surface area contributed by atoms with E-state index in [1.165, 1.54) is 25.4 Å². The number of rotatable bonds is 5. The van der Waals surface area contributed by atoms with Crippen LogP contribution in [0.15, 0.2) is 49.1 Å². The first-order valence-electron chi connectivity index (χ1n) is 11.6. The Morgan fingerprint density at radius 3 is 2.91 bits per heavy atom. The van der Waals surface area contributed by atoms with Crippen LogP contribution in [0.4, 0.5) is 10.1 Å². The molecule has 35 heavy (non-hydrogen) atoms. The van der Waals surface area contributed by atoms with Crippen LogP contribution >= 0.6 is 0 Å². The third-order valence-electron chi connectivity index (χ3n) is 6.42. The van der Waals surface area contributed by atoms with Crippen molar-refractivity contribution in [3.63, 3.8) is 0 Å². The maximum Gasteiger partial charge on any atom is 0.127 e. The minimum absolute atomic E-state index is 0.0777. The highest BCUT2D eigenvalue weighted by Crippen LogP contribution is 2.38. The van der Waals surface area contributed by atoms with E-state index in [4.69, 9.17) is 9.47 Å². The first-order valence-corrected chi connectivity index (χ1v) is 11.6. The van der Waals surface area contributed by atoms with Gasteiger partial charge in [-0.2, -0.15) is 5.26 Å². The number of ether oxygens (including phenoxy) is 2. The summed E-state index contributed by atoms with van der Waals surface area (Å²) in [6.45, 7) is 3.10. The van der Waals surface area contributed by atoms with Crippen molar-refractivity contribution in [3.8, 4) is 22.9 Å². The fourth-order valence-corrected chi connectivity index (χ4v) is 4.76. The molecule has 2 atom stereocenters. The number of nitriles is 1. The summed E-state index contributed by atoms with van der Waals surface area (Å²) >= 11 is 0. The van der Waals surface area contributed by atoms with Gasteiger partial charge in [-0.1, -0.05) is 12.2 Å². The Hall–Kier alpha value is -3.80. The second kappa shape index (κ2) is 10.2. The lowest BCUT2D eigenvalue weighted by Gasteiger charge is -2.43. The molecule has 0 radical (unpaired) electrons. The fraction of sp³-hybridized carbons (Fsp3) is 0.296. The molecule has 1 N–H and O–H groups in total. The average Bonchev–Trinajstić information content (AvgIpc) is 2.91. The Kier molecular flexibility index (Phi) is 6.70. The number of halogens is 1. The van der Waals surface area contributed by atoms with Crippen LogP contribution in [0, 0.1) is 17.1 Å². The molecule has 2 saturated heterocycles. The Labute approximate surface area is 203 Å². The van der Waals surface area contributed by atoms with Crippen LogP contribution in [0.1, 0.15) is 23.1 Å². The summed E-state index contributed by atoms with van der Waals surface area (Å²) in [6.07, 6.45) is 11.7. The van der Waals surface area contributed by atoms with E-state index < -0.39 is 0 Å². The molecule has 5 rings (SSSR count). The normalized spacial score (nSPS) is 19.9. The van der Waals surface area contributed by atoms with Crippen molar-refractivity contribution in [1.82, 2.24) is 15.3 Å². The van der Waals surface area contributed by atoms with E-state index in [9.17, 15) is 9.65 Å². The van der Waals surface area contributed by atoms with Gasteiger partial charge < -0.3 is 19.7 Å². The van der Waals surface area contributed by atoms with Crippen LogP contribution < -0.4 is 15.0 Å². The van der Waals surface area contributed by atoms with Crippen LogP contribution in [0.3, 0.4) is 0 Å². The van der Waals surface area contributed by atoms with Crippen LogP contribution in [0.5, 0.6) is 5.75 Å². The number of hydrogen-bond acceptors (Lipinski definition) is 7. The molecule has 0 bridgehead atoms. The molecule has 0 unspecified atom stereocenters. The maximum atomic E-state index is 14.4.